The van der Waals surface area contributed by atoms with Crippen LogP contribution in [0.5, 0.6) is 5.75 Å². The van der Waals surface area contributed by atoms with E-state index >= 15 is 0 Å². The molecule has 1 aliphatic rings. The van der Waals surface area contributed by atoms with Crippen molar-refractivity contribution >= 4 is 11.9 Å². The minimum Gasteiger partial charge on any atom is -0.484 e. The topological polar surface area (TPSA) is 92.0 Å². The van der Waals surface area contributed by atoms with Gasteiger partial charge in [0.25, 0.3) is 5.91 Å². The molecule has 0 bridgehead atoms. The lowest BCUT2D eigenvalue weighted by molar-refractivity contribution is -0.119. The quantitative estimate of drug-likeness (QED) is 0.392. The summed E-state index contributed by atoms with van der Waals surface area (Å²) >= 11 is 0. The van der Waals surface area contributed by atoms with Gasteiger partial charge in [-0.25, -0.2) is 0 Å². The van der Waals surface area contributed by atoms with E-state index in [-0.39, 0.29) is 6.61 Å². The van der Waals surface area contributed by atoms with Gasteiger partial charge in [-0.3, -0.25) is 14.7 Å². The Hall–Kier alpha value is -3.06. The first kappa shape index (κ1) is 23.6. The molecular formula is C25H35N5O2. The molecule has 32 heavy (non-hydrogen) atoms. The number of aliphatic imine (C=N–C) groups is 1. The maximum absolute atomic E-state index is 10.8. The van der Waals surface area contributed by atoms with E-state index in [0.29, 0.717) is 5.75 Å². The smallest absolute Gasteiger partial charge is 0.255 e. The normalized spacial score (nSPS) is 14.7. The molecule has 0 atom stereocenters. The molecule has 1 saturated heterocycles. The van der Waals surface area contributed by atoms with Crippen LogP contribution < -0.4 is 21.1 Å². The predicted molar refractivity (Wildman–Crippen MR) is 129 cm³/mol. The summed E-state index contributed by atoms with van der Waals surface area (Å²) in [6, 6.07) is 16.5. The summed E-state index contributed by atoms with van der Waals surface area (Å²) in [6.07, 6.45) is 4.87. The molecule has 7 heteroatoms. The molecule has 1 heterocycles. The number of amides is 1. The minimum absolute atomic E-state index is 0.107. The van der Waals surface area contributed by atoms with Gasteiger partial charge in [-0.05, 0) is 61.2 Å². The van der Waals surface area contributed by atoms with Gasteiger partial charge in [-0.15, -0.1) is 0 Å². The van der Waals surface area contributed by atoms with Crippen LogP contribution in [0.2, 0.25) is 0 Å². The van der Waals surface area contributed by atoms with Crippen LogP contribution >= 0.6 is 0 Å². The average Bonchev–Trinajstić information content (AvgIpc) is 2.82. The fraction of sp³-hybridized carbons (Fsp3) is 0.440. The molecule has 2 aromatic rings. The van der Waals surface area contributed by atoms with Gasteiger partial charge in [0.2, 0.25) is 0 Å². The maximum atomic E-state index is 10.8. The molecule has 0 aromatic heterocycles. The Bertz CT molecular complexity index is 859. The van der Waals surface area contributed by atoms with Gasteiger partial charge in [0.1, 0.15) is 5.75 Å². The van der Waals surface area contributed by atoms with Crippen LogP contribution in [0.15, 0.2) is 53.5 Å². The molecule has 0 unspecified atom stereocenters. The average molecular weight is 438 g/mol. The van der Waals surface area contributed by atoms with Gasteiger partial charge >= 0.3 is 0 Å². The van der Waals surface area contributed by atoms with Gasteiger partial charge in [0.05, 0.1) is 0 Å². The zero-order valence-corrected chi connectivity index (χ0v) is 19.0. The van der Waals surface area contributed by atoms with Crippen LogP contribution in [0.1, 0.15) is 36.0 Å². The fourth-order valence-corrected chi connectivity index (χ4v) is 3.78. The van der Waals surface area contributed by atoms with Crippen molar-refractivity contribution in [2.24, 2.45) is 10.7 Å². The molecule has 172 valence electrons. The molecule has 1 fully saturated rings. The number of nitrogens with one attached hydrogen (secondary N) is 2. The first-order chi connectivity index (χ1) is 15.6. The molecule has 0 spiro atoms. The number of carbonyl (C=O) groups is 1. The Kier molecular flexibility index (Phi) is 9.37. The van der Waals surface area contributed by atoms with Crippen LogP contribution in [0, 0.1) is 0 Å². The summed E-state index contributed by atoms with van der Waals surface area (Å²) in [5, 5.41) is 6.72. The van der Waals surface area contributed by atoms with E-state index < -0.39 is 5.91 Å². The second kappa shape index (κ2) is 12.7. The number of guanidine groups is 1. The molecule has 0 radical (unpaired) electrons. The standard InChI is InChI=1S/C25H35N5O2/c1-27-25(28-14-13-20-9-11-23(12-10-20)32-19-24(26)31)29-17-21-5-7-22(8-6-21)18-30-15-3-2-4-16-30/h5-12H,2-4,13-19H2,1H3,(H2,26,31)(H2,27,28,29). The monoisotopic (exact) mass is 437 g/mol. The number of benzene rings is 2. The zero-order valence-electron chi connectivity index (χ0n) is 19.0. The number of hydrogen-bond acceptors (Lipinski definition) is 4. The van der Waals surface area contributed by atoms with E-state index in [9.17, 15) is 4.79 Å². The lowest BCUT2D eigenvalue weighted by Gasteiger charge is -2.26. The highest BCUT2D eigenvalue weighted by molar-refractivity contribution is 5.79. The Morgan fingerprint density at radius 3 is 2.28 bits per heavy atom. The van der Waals surface area contributed by atoms with Gasteiger partial charge in [0.15, 0.2) is 12.6 Å². The molecule has 0 aliphatic carbocycles. The van der Waals surface area contributed by atoms with Crippen molar-refractivity contribution < 1.29 is 9.53 Å². The lowest BCUT2D eigenvalue weighted by Crippen LogP contribution is -2.37. The van der Waals surface area contributed by atoms with Gasteiger partial charge < -0.3 is 21.1 Å². The van der Waals surface area contributed by atoms with Crippen molar-refractivity contribution in [2.75, 3.05) is 33.3 Å². The zero-order chi connectivity index (χ0) is 22.6. The van der Waals surface area contributed by atoms with Crippen LogP contribution in [-0.2, 0) is 24.3 Å². The van der Waals surface area contributed by atoms with E-state index in [1.807, 2.05) is 24.3 Å². The van der Waals surface area contributed by atoms with E-state index in [1.165, 1.54) is 49.0 Å². The van der Waals surface area contributed by atoms with E-state index in [4.69, 9.17) is 10.5 Å². The number of carbonyl (C=O) groups excluding carboxylic acids is 1. The van der Waals surface area contributed by atoms with Crippen LogP contribution in [0.3, 0.4) is 0 Å². The highest BCUT2D eigenvalue weighted by Gasteiger charge is 2.10. The summed E-state index contributed by atoms with van der Waals surface area (Å²) in [4.78, 5) is 17.6. The third kappa shape index (κ3) is 8.23. The molecular weight excluding hydrogens is 402 g/mol. The van der Waals surface area contributed by atoms with Crippen molar-refractivity contribution in [2.45, 2.75) is 38.8 Å². The van der Waals surface area contributed by atoms with Crippen molar-refractivity contribution in [1.29, 1.82) is 0 Å². The molecule has 0 saturated carbocycles. The van der Waals surface area contributed by atoms with Gasteiger partial charge in [-0.1, -0.05) is 42.8 Å². The maximum Gasteiger partial charge on any atom is 0.255 e. The lowest BCUT2D eigenvalue weighted by atomic mass is 10.1. The first-order valence-corrected chi connectivity index (χ1v) is 11.4. The van der Waals surface area contributed by atoms with Crippen molar-refractivity contribution in [3.63, 3.8) is 0 Å². The van der Waals surface area contributed by atoms with Crippen molar-refractivity contribution in [1.82, 2.24) is 15.5 Å². The van der Waals surface area contributed by atoms with E-state index in [2.05, 4.69) is 44.8 Å². The first-order valence-electron chi connectivity index (χ1n) is 11.4. The van der Waals surface area contributed by atoms with Crippen LogP contribution in [0.4, 0.5) is 0 Å². The highest BCUT2D eigenvalue weighted by atomic mass is 16.5. The second-order valence-corrected chi connectivity index (χ2v) is 8.15. The predicted octanol–water partition coefficient (Wildman–Crippen LogP) is 2.44. The van der Waals surface area contributed by atoms with E-state index in [1.54, 1.807) is 7.05 Å². The Morgan fingerprint density at radius 1 is 0.969 bits per heavy atom. The number of primary amides is 1. The number of nitrogens with zero attached hydrogens (tertiary/aromatic N) is 2. The van der Waals surface area contributed by atoms with E-state index in [0.717, 1.165) is 32.0 Å². The molecule has 3 rings (SSSR count). The van der Waals surface area contributed by atoms with Crippen molar-refractivity contribution in [3.8, 4) is 5.75 Å². The number of likely N-dealkylation sites (tertiary alicyclic amines) is 1. The molecule has 1 aliphatic heterocycles. The largest absolute Gasteiger partial charge is 0.484 e. The summed E-state index contributed by atoms with van der Waals surface area (Å²) in [7, 11) is 1.78. The fourth-order valence-electron chi connectivity index (χ4n) is 3.78. The molecule has 4 N–H and O–H groups in total. The SMILES string of the molecule is CN=C(NCCc1ccc(OCC(N)=O)cc1)NCc1ccc(CN2CCCCC2)cc1. The number of piperidine rings is 1. The number of hydrogen-bond donors (Lipinski definition) is 3. The Labute approximate surface area is 191 Å². The summed E-state index contributed by atoms with van der Waals surface area (Å²) < 4.78 is 5.28. The number of ether oxygens (including phenoxy) is 1. The molecule has 7 nitrogen and oxygen atoms in total. The number of nitrogens with two attached hydrogens (primary N) is 1. The molecule has 2 aromatic carbocycles. The number of rotatable bonds is 10. The van der Waals surface area contributed by atoms with Gasteiger partial charge in [-0.2, -0.15) is 0 Å². The highest BCUT2D eigenvalue weighted by Crippen LogP contribution is 2.14. The summed E-state index contributed by atoms with van der Waals surface area (Å²) in [5.74, 6) is 0.939. The second-order valence-electron chi connectivity index (χ2n) is 8.15. The third-order valence-electron chi connectivity index (χ3n) is 5.57. The summed E-state index contributed by atoms with van der Waals surface area (Å²) in [6.45, 7) is 4.88. The van der Waals surface area contributed by atoms with Crippen LogP contribution in [0.25, 0.3) is 0 Å². The Balaban J connectivity index is 1.36. The third-order valence-corrected chi connectivity index (χ3v) is 5.57. The Morgan fingerprint density at radius 2 is 1.62 bits per heavy atom. The minimum atomic E-state index is -0.481. The molecule has 1 amide bonds. The van der Waals surface area contributed by atoms with Crippen LogP contribution in [-0.4, -0.2) is 50.1 Å². The van der Waals surface area contributed by atoms with Crippen molar-refractivity contribution in [3.05, 3.63) is 65.2 Å². The van der Waals surface area contributed by atoms with Gasteiger partial charge in [0, 0.05) is 26.7 Å². The summed E-state index contributed by atoms with van der Waals surface area (Å²) in [5.41, 5.74) is 8.88.